The minimum atomic E-state index is -0.118. The smallest absolute Gasteiger partial charge is 0.253 e. The van der Waals surface area contributed by atoms with Crippen molar-refractivity contribution in [1.82, 2.24) is 0 Å². The predicted molar refractivity (Wildman–Crippen MR) is 73.5 cm³/mol. The third-order valence-electron chi connectivity index (χ3n) is 3.33. The molecule has 0 saturated carbocycles. The van der Waals surface area contributed by atoms with E-state index in [1.165, 1.54) is 5.56 Å². The summed E-state index contributed by atoms with van der Waals surface area (Å²) in [5.74, 6) is 0.638. The van der Waals surface area contributed by atoms with Crippen LogP contribution in [0.15, 0.2) is 18.2 Å². The van der Waals surface area contributed by atoms with E-state index in [4.69, 9.17) is 15.2 Å². The summed E-state index contributed by atoms with van der Waals surface area (Å²) in [5, 5.41) is 0. The van der Waals surface area contributed by atoms with Gasteiger partial charge in [-0.05, 0) is 24.1 Å². The van der Waals surface area contributed by atoms with Gasteiger partial charge in [0.15, 0.2) is 0 Å². The minimum absolute atomic E-state index is 0.0590. The fourth-order valence-electron chi connectivity index (χ4n) is 2.17. The molecule has 19 heavy (non-hydrogen) atoms. The molecule has 1 unspecified atom stereocenters. The second-order valence-corrected chi connectivity index (χ2v) is 4.53. The number of amides is 1. The van der Waals surface area contributed by atoms with Crippen molar-refractivity contribution in [3.63, 3.8) is 0 Å². The van der Waals surface area contributed by atoms with E-state index in [9.17, 15) is 4.79 Å². The molecule has 5 heteroatoms. The number of carbonyl (C=O) groups is 1. The maximum Gasteiger partial charge on any atom is 0.253 e. The quantitative estimate of drug-likeness (QED) is 0.879. The number of methoxy groups -OCH3 is 1. The predicted octanol–water partition coefficient (Wildman–Crippen LogP) is 0.948. The molecule has 0 radical (unpaired) electrons. The Morgan fingerprint density at radius 2 is 2.32 bits per heavy atom. The lowest BCUT2D eigenvalue weighted by Crippen LogP contribution is -2.49. The highest BCUT2D eigenvalue weighted by atomic mass is 16.5. The number of morpholine rings is 1. The van der Waals surface area contributed by atoms with Gasteiger partial charge in [-0.25, -0.2) is 0 Å². The van der Waals surface area contributed by atoms with Gasteiger partial charge < -0.3 is 20.1 Å². The average molecular weight is 264 g/mol. The van der Waals surface area contributed by atoms with Gasteiger partial charge in [-0.3, -0.25) is 4.79 Å². The number of hydrogen-bond acceptors (Lipinski definition) is 4. The number of nitrogens with zero attached hydrogens (tertiary/aromatic N) is 1. The molecule has 1 atom stereocenters. The van der Waals surface area contributed by atoms with Crippen molar-refractivity contribution in [3.05, 3.63) is 23.8 Å². The van der Waals surface area contributed by atoms with Crippen LogP contribution < -0.4 is 15.4 Å². The van der Waals surface area contributed by atoms with Crippen LogP contribution in [-0.2, 0) is 16.0 Å². The zero-order chi connectivity index (χ0) is 13.8. The summed E-state index contributed by atoms with van der Waals surface area (Å²) >= 11 is 0. The highest BCUT2D eigenvalue weighted by Gasteiger charge is 2.28. The number of anilines is 1. The van der Waals surface area contributed by atoms with Crippen molar-refractivity contribution >= 4 is 11.6 Å². The molecule has 1 heterocycles. The molecule has 1 aromatic rings. The molecular weight excluding hydrogens is 244 g/mol. The van der Waals surface area contributed by atoms with Gasteiger partial charge in [0.25, 0.3) is 5.91 Å². The molecule has 1 aliphatic heterocycles. The molecule has 1 aromatic carbocycles. The topological polar surface area (TPSA) is 64.8 Å². The number of nitrogens with two attached hydrogens (primary N) is 1. The summed E-state index contributed by atoms with van der Waals surface area (Å²) in [6, 6.07) is 5.90. The van der Waals surface area contributed by atoms with Gasteiger partial charge in [-0.15, -0.1) is 0 Å². The summed E-state index contributed by atoms with van der Waals surface area (Å²) in [6.07, 6.45) is 0.795. The van der Waals surface area contributed by atoms with E-state index in [2.05, 4.69) is 6.92 Å². The van der Waals surface area contributed by atoms with Crippen molar-refractivity contribution < 1.29 is 14.3 Å². The largest absolute Gasteiger partial charge is 0.495 e. The van der Waals surface area contributed by atoms with E-state index < -0.39 is 0 Å². The lowest BCUT2D eigenvalue weighted by molar-refractivity contribution is -0.128. The molecule has 1 amide bonds. The Morgan fingerprint density at radius 3 is 2.95 bits per heavy atom. The Hall–Kier alpha value is -1.59. The highest BCUT2D eigenvalue weighted by molar-refractivity contribution is 5.96. The highest BCUT2D eigenvalue weighted by Crippen LogP contribution is 2.31. The summed E-state index contributed by atoms with van der Waals surface area (Å²) in [7, 11) is 1.61. The van der Waals surface area contributed by atoms with E-state index in [-0.39, 0.29) is 18.6 Å². The first kappa shape index (κ1) is 13.8. The van der Waals surface area contributed by atoms with E-state index in [0.29, 0.717) is 18.8 Å². The van der Waals surface area contributed by atoms with E-state index in [0.717, 1.165) is 12.1 Å². The monoisotopic (exact) mass is 264 g/mol. The van der Waals surface area contributed by atoms with Crippen molar-refractivity contribution in [2.75, 3.05) is 31.7 Å². The third kappa shape index (κ3) is 2.88. The maximum atomic E-state index is 12.0. The Labute approximate surface area is 113 Å². The summed E-state index contributed by atoms with van der Waals surface area (Å²) in [6.45, 7) is 3.02. The fraction of sp³-hybridized carbons (Fsp3) is 0.500. The summed E-state index contributed by atoms with van der Waals surface area (Å²) in [5.41, 5.74) is 7.59. The van der Waals surface area contributed by atoms with Crippen molar-refractivity contribution in [1.29, 1.82) is 0 Å². The number of aryl methyl sites for hydroxylation is 1. The fourth-order valence-corrected chi connectivity index (χ4v) is 2.17. The SMILES string of the molecule is CCc1ccc(OC)c(N2CC(CN)OCC2=O)c1. The van der Waals surface area contributed by atoms with E-state index in [1.54, 1.807) is 12.0 Å². The first-order valence-electron chi connectivity index (χ1n) is 6.48. The zero-order valence-electron chi connectivity index (χ0n) is 11.4. The van der Waals surface area contributed by atoms with Crippen LogP contribution in [0.1, 0.15) is 12.5 Å². The van der Waals surface area contributed by atoms with Gasteiger partial charge in [0.2, 0.25) is 0 Å². The lowest BCUT2D eigenvalue weighted by atomic mass is 10.1. The van der Waals surface area contributed by atoms with Crippen molar-refractivity contribution in [2.24, 2.45) is 5.73 Å². The first-order valence-corrected chi connectivity index (χ1v) is 6.48. The molecule has 0 aromatic heterocycles. The van der Waals surface area contributed by atoms with Gasteiger partial charge in [0, 0.05) is 6.54 Å². The van der Waals surface area contributed by atoms with Crippen LogP contribution in [0.2, 0.25) is 0 Å². The number of ether oxygens (including phenoxy) is 2. The molecule has 0 spiro atoms. The maximum absolute atomic E-state index is 12.0. The number of rotatable bonds is 4. The Bertz CT molecular complexity index is 462. The van der Waals surface area contributed by atoms with Crippen LogP contribution in [-0.4, -0.2) is 38.8 Å². The molecule has 1 saturated heterocycles. The molecule has 2 rings (SSSR count). The average Bonchev–Trinajstić information content (AvgIpc) is 2.47. The summed E-state index contributed by atoms with van der Waals surface area (Å²) < 4.78 is 10.7. The lowest BCUT2D eigenvalue weighted by Gasteiger charge is -2.33. The van der Waals surface area contributed by atoms with Crippen LogP contribution in [0.4, 0.5) is 5.69 Å². The molecule has 1 aliphatic rings. The van der Waals surface area contributed by atoms with E-state index >= 15 is 0 Å². The molecule has 5 nitrogen and oxygen atoms in total. The van der Waals surface area contributed by atoms with Crippen molar-refractivity contribution in [3.8, 4) is 5.75 Å². The van der Waals surface area contributed by atoms with Gasteiger partial charge in [-0.1, -0.05) is 13.0 Å². The van der Waals surface area contributed by atoms with Crippen LogP contribution >= 0.6 is 0 Å². The van der Waals surface area contributed by atoms with Gasteiger partial charge in [0.1, 0.15) is 12.4 Å². The molecule has 104 valence electrons. The normalized spacial score (nSPS) is 19.6. The Morgan fingerprint density at radius 1 is 1.53 bits per heavy atom. The molecule has 1 fully saturated rings. The summed E-state index contributed by atoms with van der Waals surface area (Å²) in [4.78, 5) is 13.7. The Kier molecular flexibility index (Phi) is 4.39. The molecular formula is C14H20N2O3. The van der Waals surface area contributed by atoms with Gasteiger partial charge in [0.05, 0.1) is 25.4 Å². The number of carbonyl (C=O) groups excluding carboxylic acids is 1. The van der Waals surface area contributed by atoms with Crippen LogP contribution in [0.25, 0.3) is 0 Å². The molecule has 0 aliphatic carbocycles. The Balaban J connectivity index is 2.34. The number of hydrogen-bond donors (Lipinski definition) is 1. The number of benzene rings is 1. The van der Waals surface area contributed by atoms with Gasteiger partial charge >= 0.3 is 0 Å². The van der Waals surface area contributed by atoms with Crippen LogP contribution in [0.3, 0.4) is 0 Å². The first-order chi connectivity index (χ1) is 9.19. The molecule has 2 N–H and O–H groups in total. The standard InChI is InChI=1S/C14H20N2O3/c1-3-10-4-5-13(18-2)12(6-10)16-8-11(7-15)19-9-14(16)17/h4-6,11H,3,7-9,15H2,1-2H3. The van der Waals surface area contributed by atoms with Crippen LogP contribution in [0.5, 0.6) is 5.75 Å². The second kappa shape index (κ2) is 6.04. The minimum Gasteiger partial charge on any atom is -0.495 e. The van der Waals surface area contributed by atoms with Crippen molar-refractivity contribution in [2.45, 2.75) is 19.4 Å². The van der Waals surface area contributed by atoms with Crippen LogP contribution in [0, 0.1) is 0 Å². The second-order valence-electron chi connectivity index (χ2n) is 4.53. The molecule has 0 bridgehead atoms. The van der Waals surface area contributed by atoms with Gasteiger partial charge in [-0.2, -0.15) is 0 Å². The third-order valence-corrected chi connectivity index (χ3v) is 3.33. The van der Waals surface area contributed by atoms with E-state index in [1.807, 2.05) is 18.2 Å². The zero-order valence-corrected chi connectivity index (χ0v) is 11.4.